The number of pyridine rings is 1. The molecule has 0 unspecified atom stereocenters. The maximum atomic E-state index is 13.5. The molecular formula is C30H19NO9. The van der Waals surface area contributed by atoms with Crippen LogP contribution in [0.25, 0.3) is 34.4 Å². The van der Waals surface area contributed by atoms with Crippen molar-refractivity contribution < 1.29 is 20.1 Å². The number of benzene rings is 1. The Labute approximate surface area is 222 Å². The van der Waals surface area contributed by atoms with Crippen LogP contribution < -0.4 is 42.4 Å². The third kappa shape index (κ3) is 2.90. The Bertz CT molecular complexity index is 2410. The number of fused-ring (bicyclic) bond motifs is 4. The van der Waals surface area contributed by atoms with Crippen molar-refractivity contribution in [1.82, 2.24) is 4.98 Å². The standard InChI is InChI=1S/C30H19NO9/c1-3-4-5-6-14-10-13-9-12-7-8-30(22(12)26(36)17(13)29(39)31-14)27(37)20-21(28(30)38)25(35)19-18(24(20)34)15(32)11-16(40-2)23(19)33/h3-11,36-38H,1-2H3,(H,31,39)/b4-3+,6-5+/t30-/m0/s1. The number of H-pyrrole nitrogens is 1. The molecule has 40 heavy (non-hydrogen) atoms. The SMILES string of the molecule is C/C=C/C=C/c1cc2cc3c(c(O)c2c(=O)[nH]1)[C@@]1(C=C3)C(O)=c2c(=O)c3c(=O)cc(OC)c(=O)c=3c(=O)c2=C1O. The molecule has 1 aromatic carbocycles. The number of methoxy groups -OCH3 is 1. The average molecular weight is 537 g/mol. The third-order valence-corrected chi connectivity index (χ3v) is 7.45. The lowest BCUT2D eigenvalue weighted by atomic mass is 9.79. The van der Waals surface area contributed by atoms with Crippen molar-refractivity contribution in [2.75, 3.05) is 7.11 Å². The van der Waals surface area contributed by atoms with Gasteiger partial charge in [0, 0.05) is 17.3 Å². The molecule has 0 amide bonds. The first-order valence-electron chi connectivity index (χ1n) is 12.1. The monoisotopic (exact) mass is 537 g/mol. The van der Waals surface area contributed by atoms with Gasteiger partial charge in [-0.25, -0.2) is 0 Å². The summed E-state index contributed by atoms with van der Waals surface area (Å²) in [7, 11) is 1.12. The van der Waals surface area contributed by atoms with E-state index in [1.807, 2.05) is 6.92 Å². The van der Waals surface area contributed by atoms with Crippen LogP contribution in [0.5, 0.6) is 11.5 Å². The molecule has 1 aromatic heterocycles. The summed E-state index contributed by atoms with van der Waals surface area (Å²) in [6, 6.07) is 3.97. The summed E-state index contributed by atoms with van der Waals surface area (Å²) in [4.78, 5) is 68.3. The average Bonchev–Trinajstić information content (AvgIpc) is 3.40. The quantitative estimate of drug-likeness (QED) is 0.266. The van der Waals surface area contributed by atoms with Gasteiger partial charge < -0.3 is 25.0 Å². The Balaban J connectivity index is 1.75. The topological polar surface area (TPSA) is 171 Å². The minimum Gasteiger partial charge on any atom is -0.510 e. The van der Waals surface area contributed by atoms with Crippen LogP contribution in [-0.2, 0) is 5.41 Å². The number of aliphatic hydroxyl groups is 2. The fraction of sp³-hybridized carbons (Fsp3) is 0.100. The van der Waals surface area contributed by atoms with Crippen molar-refractivity contribution in [2.45, 2.75) is 12.3 Å². The van der Waals surface area contributed by atoms with Crippen LogP contribution >= 0.6 is 0 Å². The van der Waals surface area contributed by atoms with E-state index < -0.39 is 76.6 Å². The van der Waals surface area contributed by atoms with E-state index in [1.165, 1.54) is 12.2 Å². The molecule has 198 valence electrons. The Morgan fingerprint density at radius 3 is 2.17 bits per heavy atom. The van der Waals surface area contributed by atoms with Gasteiger partial charge in [0.1, 0.15) is 22.7 Å². The van der Waals surface area contributed by atoms with Crippen LogP contribution in [0.4, 0.5) is 0 Å². The van der Waals surface area contributed by atoms with Gasteiger partial charge in [0.25, 0.3) is 5.56 Å². The van der Waals surface area contributed by atoms with Crippen LogP contribution in [0.3, 0.4) is 0 Å². The number of aromatic amines is 1. The molecule has 1 spiro atoms. The van der Waals surface area contributed by atoms with Gasteiger partial charge in [-0.3, -0.25) is 24.0 Å². The summed E-state index contributed by atoms with van der Waals surface area (Å²) in [5.74, 6) is -2.69. The molecule has 0 aliphatic heterocycles. The first-order chi connectivity index (χ1) is 19.1. The lowest BCUT2D eigenvalue weighted by molar-refractivity contribution is 0.395. The fourth-order valence-electron chi connectivity index (χ4n) is 5.70. The maximum absolute atomic E-state index is 13.5. The van der Waals surface area contributed by atoms with Gasteiger partial charge in [-0.05, 0) is 36.1 Å². The molecule has 4 aliphatic rings. The summed E-state index contributed by atoms with van der Waals surface area (Å²) >= 11 is 0. The molecule has 4 N–H and O–H groups in total. The number of aliphatic hydroxyl groups excluding tert-OH is 2. The van der Waals surface area contributed by atoms with Crippen molar-refractivity contribution in [2.24, 2.45) is 0 Å². The third-order valence-electron chi connectivity index (χ3n) is 7.45. The molecule has 0 fully saturated rings. The van der Waals surface area contributed by atoms with E-state index in [2.05, 4.69) is 4.98 Å². The first kappa shape index (κ1) is 24.8. The van der Waals surface area contributed by atoms with E-state index >= 15 is 0 Å². The smallest absolute Gasteiger partial charge is 0.260 e. The molecule has 0 radical (unpaired) electrons. The number of phenols is 1. The number of phenolic OH excluding ortho intramolecular Hbond substituents is 1. The molecule has 2 aromatic rings. The van der Waals surface area contributed by atoms with E-state index in [-0.39, 0.29) is 10.9 Å². The van der Waals surface area contributed by atoms with E-state index in [4.69, 9.17) is 4.74 Å². The van der Waals surface area contributed by atoms with Crippen LogP contribution in [0, 0.1) is 10.4 Å². The molecule has 0 bridgehead atoms. The molecule has 1 heterocycles. The predicted octanol–water partition coefficient (Wildman–Crippen LogP) is 0.184. The number of hydrogen-bond acceptors (Lipinski definition) is 9. The summed E-state index contributed by atoms with van der Waals surface area (Å²) in [6.45, 7) is 1.83. The second-order valence-corrected chi connectivity index (χ2v) is 9.50. The Morgan fingerprint density at radius 1 is 0.850 bits per heavy atom. The number of nitrogens with one attached hydrogen (secondary N) is 1. The normalized spacial score (nSPS) is 17.8. The Kier molecular flexibility index (Phi) is 5.11. The largest absolute Gasteiger partial charge is 0.510 e. The summed E-state index contributed by atoms with van der Waals surface area (Å²) < 4.78 is 4.88. The Hall–Kier alpha value is -5.51. The van der Waals surface area contributed by atoms with Gasteiger partial charge in [0.2, 0.25) is 16.3 Å². The predicted molar refractivity (Wildman–Crippen MR) is 148 cm³/mol. The van der Waals surface area contributed by atoms with E-state index in [9.17, 15) is 39.3 Å². The zero-order chi connectivity index (χ0) is 28.7. The van der Waals surface area contributed by atoms with E-state index in [0.29, 0.717) is 16.6 Å². The highest BCUT2D eigenvalue weighted by Crippen LogP contribution is 2.52. The van der Waals surface area contributed by atoms with Gasteiger partial charge in [-0.1, -0.05) is 30.4 Å². The number of aromatic hydroxyl groups is 1. The maximum Gasteiger partial charge on any atom is 0.260 e. The molecular weight excluding hydrogens is 518 g/mol. The highest BCUT2D eigenvalue weighted by Gasteiger charge is 2.50. The second kappa shape index (κ2) is 8.24. The summed E-state index contributed by atoms with van der Waals surface area (Å²) in [5.41, 5.74) is -6.42. The van der Waals surface area contributed by atoms with Crippen LogP contribution in [0.2, 0.25) is 0 Å². The fourth-order valence-corrected chi connectivity index (χ4v) is 5.70. The van der Waals surface area contributed by atoms with Gasteiger partial charge in [-0.2, -0.15) is 0 Å². The minimum atomic E-state index is -2.11. The molecule has 10 nitrogen and oxygen atoms in total. The lowest BCUT2D eigenvalue weighted by Crippen LogP contribution is -2.51. The highest BCUT2D eigenvalue weighted by atomic mass is 16.5. The first-order valence-corrected chi connectivity index (χ1v) is 12.1. The van der Waals surface area contributed by atoms with Crippen molar-refractivity contribution >= 4 is 34.4 Å². The van der Waals surface area contributed by atoms with Gasteiger partial charge in [0.15, 0.2) is 11.2 Å². The minimum absolute atomic E-state index is 0.140. The van der Waals surface area contributed by atoms with Gasteiger partial charge in [-0.15, -0.1) is 0 Å². The van der Waals surface area contributed by atoms with Crippen LogP contribution in [-0.4, -0.2) is 27.4 Å². The van der Waals surface area contributed by atoms with Gasteiger partial charge in [0.05, 0.1) is 33.4 Å². The van der Waals surface area contributed by atoms with Gasteiger partial charge >= 0.3 is 0 Å². The second-order valence-electron chi connectivity index (χ2n) is 9.50. The van der Waals surface area contributed by atoms with Crippen molar-refractivity contribution in [3.8, 4) is 11.5 Å². The van der Waals surface area contributed by atoms with Crippen molar-refractivity contribution in [3.63, 3.8) is 0 Å². The van der Waals surface area contributed by atoms with E-state index in [1.54, 1.807) is 36.4 Å². The lowest BCUT2D eigenvalue weighted by Gasteiger charge is -2.26. The molecule has 4 aliphatic carbocycles. The molecule has 0 saturated carbocycles. The number of allylic oxidation sites excluding steroid dienone is 3. The molecule has 1 atom stereocenters. The van der Waals surface area contributed by atoms with Crippen LogP contribution in [0.15, 0.2) is 66.5 Å². The zero-order valence-electron chi connectivity index (χ0n) is 21.0. The van der Waals surface area contributed by atoms with Crippen molar-refractivity contribution in [1.29, 1.82) is 0 Å². The zero-order valence-corrected chi connectivity index (χ0v) is 21.0. The number of rotatable bonds is 3. The molecule has 6 rings (SSSR count). The molecule has 10 heteroatoms. The number of aromatic nitrogens is 1. The number of hydrogen-bond donors (Lipinski definition) is 4. The number of ether oxygens (including phenoxy) is 1. The highest BCUT2D eigenvalue weighted by molar-refractivity contribution is 5.99. The van der Waals surface area contributed by atoms with Crippen LogP contribution in [0.1, 0.15) is 23.7 Å². The summed E-state index contributed by atoms with van der Waals surface area (Å²) in [5, 5.41) is 31.6. The Morgan fingerprint density at radius 2 is 1.52 bits per heavy atom. The van der Waals surface area contributed by atoms with E-state index in [0.717, 1.165) is 13.2 Å². The molecule has 0 saturated heterocycles. The summed E-state index contributed by atoms with van der Waals surface area (Å²) in [6.07, 6.45) is 9.69. The van der Waals surface area contributed by atoms with Crippen molar-refractivity contribution in [3.05, 3.63) is 131 Å².